The number of hydrogen-bond donors (Lipinski definition) is 1. The van der Waals surface area contributed by atoms with Crippen molar-refractivity contribution in [3.63, 3.8) is 0 Å². The summed E-state index contributed by atoms with van der Waals surface area (Å²) in [5.74, 6) is 0.0846. The van der Waals surface area contributed by atoms with Crippen LogP contribution in [-0.4, -0.2) is 5.78 Å². The molecule has 1 atom stereocenters. The van der Waals surface area contributed by atoms with Gasteiger partial charge in [-0.05, 0) is 5.56 Å². The van der Waals surface area contributed by atoms with Crippen LogP contribution in [0.1, 0.15) is 25.5 Å². The molecular weight excluding hydrogens is 162 g/mol. The van der Waals surface area contributed by atoms with Crippen LogP contribution in [0.4, 0.5) is 0 Å². The predicted molar refractivity (Wildman–Crippen MR) is 53.2 cm³/mol. The van der Waals surface area contributed by atoms with E-state index in [4.69, 9.17) is 5.73 Å². The van der Waals surface area contributed by atoms with Crippen LogP contribution in [0.25, 0.3) is 0 Å². The number of benzene rings is 1. The van der Waals surface area contributed by atoms with Gasteiger partial charge in [0, 0.05) is 5.92 Å². The first-order valence-electron chi connectivity index (χ1n) is 4.47. The number of rotatable bonds is 3. The average molecular weight is 177 g/mol. The second-order valence-electron chi connectivity index (χ2n) is 3.45. The highest BCUT2D eigenvalue weighted by atomic mass is 16.1. The molecule has 0 aliphatic carbocycles. The maximum atomic E-state index is 11.5. The van der Waals surface area contributed by atoms with E-state index >= 15 is 0 Å². The molecule has 0 aliphatic heterocycles. The van der Waals surface area contributed by atoms with Crippen molar-refractivity contribution in [2.75, 3.05) is 0 Å². The number of ketones is 1. The molecular formula is C11H15NO. The zero-order valence-corrected chi connectivity index (χ0v) is 8.03. The third-order valence-corrected chi connectivity index (χ3v) is 2.03. The van der Waals surface area contributed by atoms with Gasteiger partial charge in [0.1, 0.15) is 0 Å². The maximum absolute atomic E-state index is 11.5. The highest BCUT2D eigenvalue weighted by molar-refractivity contribution is 5.86. The first-order chi connectivity index (χ1) is 6.13. The van der Waals surface area contributed by atoms with Gasteiger partial charge in [-0.3, -0.25) is 4.79 Å². The molecule has 0 saturated heterocycles. The minimum Gasteiger partial charge on any atom is -0.318 e. The zero-order valence-electron chi connectivity index (χ0n) is 8.03. The van der Waals surface area contributed by atoms with Crippen LogP contribution in [0.5, 0.6) is 0 Å². The summed E-state index contributed by atoms with van der Waals surface area (Å²) in [5, 5.41) is 0. The summed E-state index contributed by atoms with van der Waals surface area (Å²) in [6, 6.07) is 8.98. The number of carbonyl (C=O) groups excluding carboxylic acids is 1. The maximum Gasteiger partial charge on any atom is 0.156 e. The number of Topliss-reactive ketones (excluding diaryl/α,β-unsaturated/α-hetero) is 1. The first-order valence-corrected chi connectivity index (χ1v) is 4.47. The van der Waals surface area contributed by atoms with Gasteiger partial charge < -0.3 is 5.73 Å². The Morgan fingerprint density at radius 2 is 1.77 bits per heavy atom. The molecule has 1 unspecified atom stereocenters. The molecule has 13 heavy (non-hydrogen) atoms. The molecule has 0 radical (unpaired) electrons. The summed E-state index contributed by atoms with van der Waals surface area (Å²) in [4.78, 5) is 11.5. The predicted octanol–water partition coefficient (Wildman–Crippen LogP) is 1.91. The van der Waals surface area contributed by atoms with Crippen LogP contribution in [0.3, 0.4) is 0 Å². The van der Waals surface area contributed by atoms with Crippen molar-refractivity contribution in [3.05, 3.63) is 35.9 Å². The topological polar surface area (TPSA) is 43.1 Å². The lowest BCUT2D eigenvalue weighted by Gasteiger charge is -2.12. The van der Waals surface area contributed by atoms with Crippen molar-refractivity contribution in [2.24, 2.45) is 11.7 Å². The van der Waals surface area contributed by atoms with Crippen molar-refractivity contribution >= 4 is 5.78 Å². The largest absolute Gasteiger partial charge is 0.318 e. The number of hydrogen-bond acceptors (Lipinski definition) is 2. The SMILES string of the molecule is CC(C)C(=O)C(N)c1ccccc1. The Balaban J connectivity index is 2.80. The lowest BCUT2D eigenvalue weighted by molar-refractivity contribution is -0.123. The van der Waals surface area contributed by atoms with E-state index in [9.17, 15) is 4.79 Å². The smallest absolute Gasteiger partial charge is 0.156 e. The lowest BCUT2D eigenvalue weighted by Crippen LogP contribution is -2.25. The van der Waals surface area contributed by atoms with E-state index < -0.39 is 6.04 Å². The summed E-state index contributed by atoms with van der Waals surface area (Å²) in [6.45, 7) is 3.73. The summed E-state index contributed by atoms with van der Waals surface area (Å²) in [5.41, 5.74) is 6.68. The Kier molecular flexibility index (Phi) is 3.20. The highest BCUT2D eigenvalue weighted by Crippen LogP contribution is 2.14. The van der Waals surface area contributed by atoms with Crippen molar-refractivity contribution in [3.8, 4) is 0 Å². The molecule has 0 heterocycles. The molecule has 0 aliphatic rings. The summed E-state index contributed by atoms with van der Waals surface area (Å²) in [6.07, 6.45) is 0. The van der Waals surface area contributed by atoms with Gasteiger partial charge in [0.15, 0.2) is 5.78 Å². The van der Waals surface area contributed by atoms with Crippen molar-refractivity contribution < 1.29 is 4.79 Å². The number of carbonyl (C=O) groups is 1. The molecule has 0 amide bonds. The molecule has 0 bridgehead atoms. The van der Waals surface area contributed by atoms with Gasteiger partial charge in [-0.2, -0.15) is 0 Å². The average Bonchev–Trinajstić information content (AvgIpc) is 2.17. The van der Waals surface area contributed by atoms with Gasteiger partial charge in [-0.1, -0.05) is 44.2 Å². The van der Waals surface area contributed by atoms with Gasteiger partial charge in [-0.25, -0.2) is 0 Å². The van der Waals surface area contributed by atoms with Crippen LogP contribution in [0.2, 0.25) is 0 Å². The molecule has 1 aromatic rings. The third-order valence-electron chi connectivity index (χ3n) is 2.03. The fourth-order valence-electron chi connectivity index (χ4n) is 1.18. The molecule has 2 nitrogen and oxygen atoms in total. The molecule has 2 N–H and O–H groups in total. The second kappa shape index (κ2) is 4.19. The van der Waals surface area contributed by atoms with Crippen molar-refractivity contribution in [2.45, 2.75) is 19.9 Å². The first kappa shape index (κ1) is 9.93. The molecule has 0 aromatic heterocycles. The Morgan fingerprint density at radius 3 is 2.23 bits per heavy atom. The van der Waals surface area contributed by atoms with Gasteiger partial charge in [0.2, 0.25) is 0 Å². The van der Waals surface area contributed by atoms with Gasteiger partial charge >= 0.3 is 0 Å². The highest BCUT2D eigenvalue weighted by Gasteiger charge is 2.17. The summed E-state index contributed by atoms with van der Waals surface area (Å²) < 4.78 is 0. The van der Waals surface area contributed by atoms with Crippen molar-refractivity contribution in [1.82, 2.24) is 0 Å². The van der Waals surface area contributed by atoms with E-state index in [1.165, 1.54) is 0 Å². The second-order valence-corrected chi connectivity index (χ2v) is 3.45. The van der Waals surface area contributed by atoms with Crippen LogP contribution in [0, 0.1) is 5.92 Å². The molecule has 0 fully saturated rings. The quantitative estimate of drug-likeness (QED) is 0.766. The summed E-state index contributed by atoms with van der Waals surface area (Å²) >= 11 is 0. The summed E-state index contributed by atoms with van der Waals surface area (Å²) in [7, 11) is 0. The Bertz CT molecular complexity index is 279. The van der Waals surface area contributed by atoms with Crippen LogP contribution < -0.4 is 5.73 Å². The van der Waals surface area contributed by atoms with E-state index in [-0.39, 0.29) is 11.7 Å². The van der Waals surface area contributed by atoms with E-state index in [1.807, 2.05) is 44.2 Å². The standard InChI is InChI=1S/C11H15NO/c1-8(2)11(13)10(12)9-6-4-3-5-7-9/h3-8,10H,12H2,1-2H3. The van der Waals surface area contributed by atoms with E-state index in [2.05, 4.69) is 0 Å². The lowest BCUT2D eigenvalue weighted by atomic mass is 9.96. The Morgan fingerprint density at radius 1 is 1.23 bits per heavy atom. The molecule has 2 heteroatoms. The normalized spacial score (nSPS) is 12.9. The minimum absolute atomic E-state index is 0.00444. The number of nitrogens with two attached hydrogens (primary N) is 1. The van der Waals surface area contributed by atoms with Gasteiger partial charge in [0.05, 0.1) is 6.04 Å². The van der Waals surface area contributed by atoms with E-state index in [1.54, 1.807) is 0 Å². The Hall–Kier alpha value is -1.15. The van der Waals surface area contributed by atoms with E-state index in [0.29, 0.717) is 0 Å². The monoisotopic (exact) mass is 177 g/mol. The minimum atomic E-state index is -0.471. The fraction of sp³-hybridized carbons (Fsp3) is 0.364. The molecule has 0 saturated carbocycles. The van der Waals surface area contributed by atoms with Crippen LogP contribution in [-0.2, 0) is 4.79 Å². The molecule has 1 aromatic carbocycles. The van der Waals surface area contributed by atoms with Crippen LogP contribution in [0.15, 0.2) is 30.3 Å². The van der Waals surface area contributed by atoms with Gasteiger partial charge in [-0.15, -0.1) is 0 Å². The van der Waals surface area contributed by atoms with E-state index in [0.717, 1.165) is 5.56 Å². The molecule has 0 spiro atoms. The molecule has 70 valence electrons. The Labute approximate surface area is 78.8 Å². The zero-order chi connectivity index (χ0) is 9.84. The third kappa shape index (κ3) is 2.39. The van der Waals surface area contributed by atoms with Crippen molar-refractivity contribution in [1.29, 1.82) is 0 Å². The van der Waals surface area contributed by atoms with Gasteiger partial charge in [0.25, 0.3) is 0 Å². The molecule has 1 rings (SSSR count). The van der Waals surface area contributed by atoms with Crippen LogP contribution >= 0.6 is 0 Å². The fourth-order valence-corrected chi connectivity index (χ4v) is 1.18.